The fraction of sp³-hybridized carbons (Fsp3) is 0.667. The molecular weight excluding hydrogens is 274 g/mol. The Morgan fingerprint density at radius 3 is 2.95 bits per heavy atom. The molecule has 0 aliphatic carbocycles. The Morgan fingerprint density at radius 1 is 1.32 bits per heavy atom. The molecule has 0 radical (unpaired) electrons. The minimum absolute atomic E-state index is 0.231. The van der Waals surface area contributed by atoms with Gasteiger partial charge in [0.25, 0.3) is 0 Å². The maximum atomic E-state index is 11.7. The van der Waals surface area contributed by atoms with Crippen molar-refractivity contribution in [2.45, 2.75) is 52.1 Å². The fourth-order valence-electron chi connectivity index (χ4n) is 4.03. The van der Waals surface area contributed by atoms with Gasteiger partial charge in [-0.3, -0.25) is 14.7 Å². The summed E-state index contributed by atoms with van der Waals surface area (Å²) in [6.45, 7) is 7.82. The van der Waals surface area contributed by atoms with Crippen molar-refractivity contribution < 1.29 is 4.79 Å². The molecule has 2 saturated heterocycles. The SMILES string of the molecule is CC(=O)N1CC[C@@H]2[C@H](CCCCN2Cc2ncccc2C)C1. The van der Waals surface area contributed by atoms with Crippen molar-refractivity contribution in [1.29, 1.82) is 0 Å². The van der Waals surface area contributed by atoms with Crippen LogP contribution in [0.15, 0.2) is 18.3 Å². The lowest BCUT2D eigenvalue weighted by molar-refractivity contribution is -0.131. The van der Waals surface area contributed by atoms with Gasteiger partial charge in [0.15, 0.2) is 0 Å². The third kappa shape index (κ3) is 3.32. The molecule has 3 rings (SSSR count). The van der Waals surface area contributed by atoms with Gasteiger partial charge in [-0.15, -0.1) is 0 Å². The first kappa shape index (κ1) is 15.5. The van der Waals surface area contributed by atoms with E-state index in [9.17, 15) is 4.79 Å². The molecule has 1 aromatic rings. The molecule has 0 saturated carbocycles. The largest absolute Gasteiger partial charge is 0.343 e. The van der Waals surface area contributed by atoms with E-state index in [1.807, 2.05) is 17.2 Å². The fourth-order valence-corrected chi connectivity index (χ4v) is 4.03. The number of hydrogen-bond acceptors (Lipinski definition) is 3. The summed E-state index contributed by atoms with van der Waals surface area (Å²) < 4.78 is 0. The molecule has 1 aromatic heterocycles. The number of likely N-dealkylation sites (tertiary alicyclic amines) is 2. The molecule has 4 nitrogen and oxygen atoms in total. The van der Waals surface area contributed by atoms with Crippen LogP contribution in [0.3, 0.4) is 0 Å². The summed E-state index contributed by atoms with van der Waals surface area (Å²) >= 11 is 0. The molecule has 2 aliphatic rings. The highest BCUT2D eigenvalue weighted by Gasteiger charge is 2.35. The van der Waals surface area contributed by atoms with Crippen LogP contribution in [0.1, 0.15) is 43.9 Å². The maximum Gasteiger partial charge on any atom is 0.219 e. The van der Waals surface area contributed by atoms with E-state index in [4.69, 9.17) is 0 Å². The van der Waals surface area contributed by atoms with Crippen molar-refractivity contribution in [3.05, 3.63) is 29.6 Å². The average Bonchev–Trinajstić information content (AvgIpc) is 2.71. The number of aryl methyl sites for hydroxylation is 1. The molecule has 0 N–H and O–H groups in total. The Bertz CT molecular complexity index is 531. The van der Waals surface area contributed by atoms with Crippen LogP contribution in [-0.2, 0) is 11.3 Å². The minimum atomic E-state index is 0.231. The molecule has 0 unspecified atom stereocenters. The summed E-state index contributed by atoms with van der Waals surface area (Å²) in [7, 11) is 0. The number of carbonyl (C=O) groups is 1. The van der Waals surface area contributed by atoms with Gasteiger partial charge in [0.05, 0.1) is 5.69 Å². The van der Waals surface area contributed by atoms with E-state index in [1.54, 1.807) is 6.92 Å². The summed E-state index contributed by atoms with van der Waals surface area (Å²) in [6, 6.07) is 4.77. The number of hydrogen-bond donors (Lipinski definition) is 0. The van der Waals surface area contributed by atoms with E-state index >= 15 is 0 Å². The van der Waals surface area contributed by atoms with Crippen LogP contribution in [0.4, 0.5) is 0 Å². The summed E-state index contributed by atoms with van der Waals surface area (Å²) in [4.78, 5) is 20.9. The topological polar surface area (TPSA) is 36.4 Å². The highest BCUT2D eigenvalue weighted by atomic mass is 16.2. The standard InChI is InChI=1S/C18H27N3O/c1-14-6-5-9-19-17(14)13-21-10-4-3-7-16-12-20(15(2)22)11-8-18(16)21/h5-6,9,16,18H,3-4,7-8,10-13H2,1-2H3/t16-,18-/m1/s1. The number of piperidine rings is 1. The summed E-state index contributed by atoms with van der Waals surface area (Å²) in [5.41, 5.74) is 2.49. The third-order valence-electron chi connectivity index (χ3n) is 5.35. The van der Waals surface area contributed by atoms with Gasteiger partial charge < -0.3 is 4.90 Å². The molecule has 120 valence electrons. The van der Waals surface area contributed by atoms with Gasteiger partial charge in [0, 0.05) is 38.8 Å². The molecule has 2 aliphatic heterocycles. The molecule has 0 aromatic carbocycles. The minimum Gasteiger partial charge on any atom is -0.343 e. The number of fused-ring (bicyclic) bond motifs is 1. The van der Waals surface area contributed by atoms with Crippen LogP contribution in [0.5, 0.6) is 0 Å². The summed E-state index contributed by atoms with van der Waals surface area (Å²) in [6.07, 6.45) is 6.81. The van der Waals surface area contributed by atoms with E-state index in [2.05, 4.69) is 22.9 Å². The van der Waals surface area contributed by atoms with Gasteiger partial charge in [-0.1, -0.05) is 12.5 Å². The Morgan fingerprint density at radius 2 is 2.18 bits per heavy atom. The van der Waals surface area contributed by atoms with Gasteiger partial charge in [0.2, 0.25) is 5.91 Å². The number of amides is 1. The summed E-state index contributed by atoms with van der Waals surface area (Å²) in [5.74, 6) is 0.860. The van der Waals surface area contributed by atoms with Crippen molar-refractivity contribution >= 4 is 5.91 Å². The number of carbonyl (C=O) groups excluding carboxylic acids is 1. The van der Waals surface area contributed by atoms with Crippen molar-refractivity contribution in [2.24, 2.45) is 5.92 Å². The first-order valence-corrected chi connectivity index (χ1v) is 8.55. The van der Waals surface area contributed by atoms with E-state index in [0.29, 0.717) is 12.0 Å². The van der Waals surface area contributed by atoms with Crippen LogP contribution in [-0.4, -0.2) is 46.4 Å². The number of pyridine rings is 1. The van der Waals surface area contributed by atoms with E-state index < -0.39 is 0 Å². The average molecular weight is 301 g/mol. The van der Waals surface area contributed by atoms with Gasteiger partial charge in [-0.25, -0.2) is 0 Å². The monoisotopic (exact) mass is 301 g/mol. The quantitative estimate of drug-likeness (QED) is 0.842. The smallest absolute Gasteiger partial charge is 0.219 e. The Kier molecular flexibility index (Phi) is 4.77. The van der Waals surface area contributed by atoms with Gasteiger partial charge in [-0.2, -0.15) is 0 Å². The molecule has 3 heterocycles. The lowest BCUT2D eigenvalue weighted by Gasteiger charge is -2.42. The van der Waals surface area contributed by atoms with Crippen LogP contribution >= 0.6 is 0 Å². The molecule has 2 atom stereocenters. The Hall–Kier alpha value is -1.42. The first-order chi connectivity index (χ1) is 10.6. The molecule has 2 fully saturated rings. The summed E-state index contributed by atoms with van der Waals surface area (Å²) in [5, 5.41) is 0. The van der Waals surface area contributed by atoms with Gasteiger partial charge >= 0.3 is 0 Å². The second kappa shape index (κ2) is 6.78. The zero-order chi connectivity index (χ0) is 15.5. The van der Waals surface area contributed by atoms with Crippen molar-refractivity contribution in [3.63, 3.8) is 0 Å². The van der Waals surface area contributed by atoms with Crippen molar-refractivity contribution in [1.82, 2.24) is 14.8 Å². The van der Waals surface area contributed by atoms with Crippen molar-refractivity contribution in [2.75, 3.05) is 19.6 Å². The molecular formula is C18H27N3O. The van der Waals surface area contributed by atoms with Crippen LogP contribution in [0.25, 0.3) is 0 Å². The molecule has 0 spiro atoms. The van der Waals surface area contributed by atoms with E-state index in [1.165, 1.54) is 30.5 Å². The third-order valence-corrected chi connectivity index (χ3v) is 5.35. The maximum absolute atomic E-state index is 11.7. The molecule has 22 heavy (non-hydrogen) atoms. The number of aromatic nitrogens is 1. The van der Waals surface area contributed by atoms with Crippen molar-refractivity contribution in [3.8, 4) is 0 Å². The normalized spacial score (nSPS) is 26.4. The zero-order valence-electron chi connectivity index (χ0n) is 13.8. The van der Waals surface area contributed by atoms with E-state index in [0.717, 1.165) is 32.6 Å². The first-order valence-electron chi connectivity index (χ1n) is 8.55. The highest BCUT2D eigenvalue weighted by Crippen LogP contribution is 2.31. The number of nitrogens with zero attached hydrogens (tertiary/aromatic N) is 3. The predicted octanol–water partition coefficient (Wildman–Crippen LogP) is 2.61. The van der Waals surface area contributed by atoms with Crippen LogP contribution in [0.2, 0.25) is 0 Å². The van der Waals surface area contributed by atoms with Gasteiger partial charge in [-0.05, 0) is 50.3 Å². The van der Waals surface area contributed by atoms with Gasteiger partial charge in [0.1, 0.15) is 0 Å². The Balaban J connectivity index is 1.74. The highest BCUT2D eigenvalue weighted by molar-refractivity contribution is 5.73. The molecule has 1 amide bonds. The number of rotatable bonds is 2. The predicted molar refractivity (Wildman–Crippen MR) is 87.4 cm³/mol. The second-order valence-corrected chi connectivity index (χ2v) is 6.81. The molecule has 4 heteroatoms. The molecule has 0 bridgehead atoms. The Labute approximate surface area is 133 Å². The van der Waals surface area contributed by atoms with Crippen LogP contribution < -0.4 is 0 Å². The lowest BCUT2D eigenvalue weighted by Crippen LogP contribution is -2.51. The zero-order valence-corrected chi connectivity index (χ0v) is 13.8. The van der Waals surface area contributed by atoms with E-state index in [-0.39, 0.29) is 5.91 Å². The van der Waals surface area contributed by atoms with Crippen LogP contribution in [0, 0.1) is 12.8 Å². The second-order valence-electron chi connectivity index (χ2n) is 6.81. The lowest BCUT2D eigenvalue weighted by atomic mass is 9.88.